The van der Waals surface area contributed by atoms with Crippen LogP contribution in [0.3, 0.4) is 0 Å². The van der Waals surface area contributed by atoms with E-state index in [-0.39, 0.29) is 5.91 Å². The molecule has 106 valence electrons. The van der Waals surface area contributed by atoms with Crippen LogP contribution in [0.15, 0.2) is 24.3 Å². The number of rotatable bonds is 3. The summed E-state index contributed by atoms with van der Waals surface area (Å²) >= 11 is 6.09. The molecule has 0 atom stereocenters. The Bertz CT molecular complexity index is 644. The number of hydrogen-bond donors (Lipinski definition) is 0. The number of carbonyl (C=O) groups excluding carboxylic acids is 1. The van der Waals surface area contributed by atoms with Crippen molar-refractivity contribution in [1.29, 1.82) is 0 Å². The van der Waals surface area contributed by atoms with Crippen LogP contribution in [-0.2, 0) is 6.42 Å². The van der Waals surface area contributed by atoms with E-state index in [0.717, 1.165) is 23.4 Å². The SMILES string of the molecule is Cc1nn(C(=O)c2ccccc2Cl)c(C)c1CC(C)C. The van der Waals surface area contributed by atoms with E-state index < -0.39 is 0 Å². The highest BCUT2D eigenvalue weighted by atomic mass is 35.5. The van der Waals surface area contributed by atoms with Crippen molar-refractivity contribution in [1.82, 2.24) is 9.78 Å². The van der Waals surface area contributed by atoms with E-state index in [1.54, 1.807) is 18.2 Å². The minimum absolute atomic E-state index is 0.175. The molecule has 0 saturated heterocycles. The van der Waals surface area contributed by atoms with Gasteiger partial charge in [0.15, 0.2) is 0 Å². The molecule has 2 aromatic rings. The molecule has 4 heteroatoms. The molecular formula is C16H19ClN2O. The highest BCUT2D eigenvalue weighted by molar-refractivity contribution is 6.33. The van der Waals surface area contributed by atoms with Gasteiger partial charge in [0.1, 0.15) is 0 Å². The van der Waals surface area contributed by atoms with E-state index in [1.165, 1.54) is 4.68 Å². The van der Waals surface area contributed by atoms with Gasteiger partial charge in [-0.15, -0.1) is 0 Å². The largest absolute Gasteiger partial charge is 0.279 e. The molecular weight excluding hydrogens is 272 g/mol. The van der Waals surface area contributed by atoms with Crippen LogP contribution < -0.4 is 0 Å². The van der Waals surface area contributed by atoms with Crippen LogP contribution in [0.1, 0.15) is 41.2 Å². The van der Waals surface area contributed by atoms with E-state index >= 15 is 0 Å². The average molecular weight is 291 g/mol. The smallest absolute Gasteiger partial charge is 0.267 e. The van der Waals surface area contributed by atoms with E-state index in [2.05, 4.69) is 18.9 Å². The fourth-order valence-corrected chi connectivity index (χ4v) is 2.54. The predicted octanol–water partition coefficient (Wildman–Crippen LogP) is 4.04. The molecule has 1 heterocycles. The Morgan fingerprint density at radius 2 is 1.95 bits per heavy atom. The first-order valence-electron chi connectivity index (χ1n) is 6.76. The molecule has 0 aliphatic heterocycles. The number of hydrogen-bond acceptors (Lipinski definition) is 2. The number of halogens is 1. The summed E-state index contributed by atoms with van der Waals surface area (Å²) in [6.45, 7) is 8.20. The number of carbonyl (C=O) groups is 1. The lowest BCUT2D eigenvalue weighted by Crippen LogP contribution is -2.16. The number of nitrogens with zero attached hydrogens (tertiary/aromatic N) is 2. The lowest BCUT2D eigenvalue weighted by atomic mass is 10.0. The van der Waals surface area contributed by atoms with Gasteiger partial charge in [0.2, 0.25) is 0 Å². The molecule has 20 heavy (non-hydrogen) atoms. The van der Waals surface area contributed by atoms with Crippen molar-refractivity contribution in [2.24, 2.45) is 5.92 Å². The van der Waals surface area contributed by atoms with Gasteiger partial charge in [0.05, 0.1) is 16.3 Å². The predicted molar refractivity (Wildman–Crippen MR) is 81.4 cm³/mol. The van der Waals surface area contributed by atoms with Crippen molar-refractivity contribution in [3.8, 4) is 0 Å². The molecule has 0 unspecified atom stereocenters. The minimum Gasteiger partial charge on any atom is -0.267 e. The molecule has 3 nitrogen and oxygen atoms in total. The molecule has 0 radical (unpaired) electrons. The van der Waals surface area contributed by atoms with Crippen molar-refractivity contribution in [2.45, 2.75) is 34.1 Å². The third-order valence-corrected chi connectivity index (χ3v) is 3.68. The third kappa shape index (κ3) is 2.78. The van der Waals surface area contributed by atoms with Gasteiger partial charge < -0.3 is 0 Å². The van der Waals surface area contributed by atoms with Crippen LogP contribution in [0, 0.1) is 19.8 Å². The third-order valence-electron chi connectivity index (χ3n) is 3.35. The zero-order chi connectivity index (χ0) is 14.9. The van der Waals surface area contributed by atoms with Crippen molar-refractivity contribution >= 4 is 17.5 Å². The van der Waals surface area contributed by atoms with Gasteiger partial charge in [-0.1, -0.05) is 37.6 Å². The second-order valence-corrected chi connectivity index (χ2v) is 5.85. The summed E-state index contributed by atoms with van der Waals surface area (Å²) in [5.74, 6) is 0.353. The van der Waals surface area contributed by atoms with Crippen molar-refractivity contribution in [3.63, 3.8) is 0 Å². The number of aromatic nitrogens is 2. The Kier molecular flexibility index (Phi) is 4.29. The Hall–Kier alpha value is -1.61. The molecule has 0 saturated carbocycles. The Morgan fingerprint density at radius 1 is 1.30 bits per heavy atom. The second-order valence-electron chi connectivity index (χ2n) is 5.44. The van der Waals surface area contributed by atoms with Gasteiger partial charge in [-0.2, -0.15) is 5.10 Å². The molecule has 0 fully saturated rings. The van der Waals surface area contributed by atoms with Crippen LogP contribution in [-0.4, -0.2) is 15.7 Å². The highest BCUT2D eigenvalue weighted by Gasteiger charge is 2.19. The molecule has 0 aliphatic carbocycles. The topological polar surface area (TPSA) is 34.9 Å². The van der Waals surface area contributed by atoms with Gasteiger partial charge in [0.25, 0.3) is 5.91 Å². The summed E-state index contributed by atoms with van der Waals surface area (Å²) in [5, 5.41) is 4.84. The summed E-state index contributed by atoms with van der Waals surface area (Å²) in [4.78, 5) is 12.6. The van der Waals surface area contributed by atoms with Crippen molar-refractivity contribution in [3.05, 3.63) is 51.8 Å². The first kappa shape index (κ1) is 14.8. The van der Waals surface area contributed by atoms with Gasteiger partial charge in [-0.05, 0) is 43.9 Å². The quantitative estimate of drug-likeness (QED) is 0.855. The van der Waals surface area contributed by atoms with Gasteiger partial charge in [-0.25, -0.2) is 4.68 Å². The summed E-state index contributed by atoms with van der Waals surface area (Å²) in [6.07, 6.45) is 0.924. The molecule has 2 rings (SSSR count). The summed E-state index contributed by atoms with van der Waals surface area (Å²) in [7, 11) is 0. The minimum atomic E-state index is -0.175. The zero-order valence-electron chi connectivity index (χ0n) is 12.3. The summed E-state index contributed by atoms with van der Waals surface area (Å²) in [6, 6.07) is 7.06. The van der Waals surface area contributed by atoms with Gasteiger partial charge in [-0.3, -0.25) is 4.79 Å². The van der Waals surface area contributed by atoms with Crippen LogP contribution in [0.5, 0.6) is 0 Å². The molecule has 0 amide bonds. The Morgan fingerprint density at radius 3 is 2.55 bits per heavy atom. The van der Waals surface area contributed by atoms with E-state index in [4.69, 9.17) is 11.6 Å². The molecule has 0 N–H and O–H groups in total. The van der Waals surface area contributed by atoms with E-state index in [1.807, 2.05) is 19.9 Å². The lowest BCUT2D eigenvalue weighted by molar-refractivity contribution is 0.0942. The summed E-state index contributed by atoms with van der Waals surface area (Å²) < 4.78 is 1.47. The molecule has 0 spiro atoms. The molecule has 1 aromatic heterocycles. The Labute approximate surface area is 124 Å². The van der Waals surface area contributed by atoms with E-state index in [0.29, 0.717) is 16.5 Å². The molecule has 0 aliphatic rings. The fourth-order valence-electron chi connectivity index (χ4n) is 2.33. The second kappa shape index (κ2) is 5.80. The lowest BCUT2D eigenvalue weighted by Gasteiger charge is -2.07. The average Bonchev–Trinajstić information content (AvgIpc) is 2.66. The maximum atomic E-state index is 12.6. The van der Waals surface area contributed by atoms with Crippen LogP contribution in [0.25, 0.3) is 0 Å². The van der Waals surface area contributed by atoms with Crippen molar-refractivity contribution in [2.75, 3.05) is 0 Å². The normalized spacial score (nSPS) is 11.1. The number of benzene rings is 1. The molecule has 1 aromatic carbocycles. The van der Waals surface area contributed by atoms with Crippen molar-refractivity contribution < 1.29 is 4.79 Å². The zero-order valence-corrected chi connectivity index (χ0v) is 13.0. The van der Waals surface area contributed by atoms with Crippen LogP contribution >= 0.6 is 11.6 Å². The number of aryl methyl sites for hydroxylation is 1. The monoisotopic (exact) mass is 290 g/mol. The first-order valence-corrected chi connectivity index (χ1v) is 7.14. The van der Waals surface area contributed by atoms with Crippen LogP contribution in [0.4, 0.5) is 0 Å². The summed E-state index contributed by atoms with van der Waals surface area (Å²) in [5.41, 5.74) is 3.45. The fraction of sp³-hybridized carbons (Fsp3) is 0.375. The highest BCUT2D eigenvalue weighted by Crippen LogP contribution is 2.21. The Balaban J connectivity index is 2.44. The molecule has 0 bridgehead atoms. The van der Waals surface area contributed by atoms with Gasteiger partial charge >= 0.3 is 0 Å². The first-order chi connectivity index (χ1) is 9.41. The maximum Gasteiger partial charge on any atom is 0.279 e. The van der Waals surface area contributed by atoms with Gasteiger partial charge in [0, 0.05) is 5.69 Å². The van der Waals surface area contributed by atoms with E-state index in [9.17, 15) is 4.79 Å². The standard InChI is InChI=1S/C16H19ClN2O/c1-10(2)9-14-11(3)18-19(12(14)4)16(20)13-7-5-6-8-15(13)17/h5-8,10H,9H2,1-4H3. The maximum absolute atomic E-state index is 12.6. The van der Waals surface area contributed by atoms with Crippen LogP contribution in [0.2, 0.25) is 5.02 Å².